The van der Waals surface area contributed by atoms with Crippen LogP contribution in [0.3, 0.4) is 0 Å². The molecule has 0 fully saturated rings. The van der Waals surface area contributed by atoms with Gasteiger partial charge in [-0.2, -0.15) is 5.10 Å². The van der Waals surface area contributed by atoms with E-state index in [9.17, 15) is 23.2 Å². The molecule has 8 nitrogen and oxygen atoms in total. The number of carbonyl (C=O) groups excluding carboxylic acids is 2. The summed E-state index contributed by atoms with van der Waals surface area (Å²) < 4.78 is 27.6. The lowest BCUT2D eigenvalue weighted by atomic mass is 10.0. The first-order chi connectivity index (χ1) is 18.8. The van der Waals surface area contributed by atoms with Gasteiger partial charge >= 0.3 is 0 Å². The molecular weight excluding hydrogens is 528 g/mol. The summed E-state index contributed by atoms with van der Waals surface area (Å²) in [6.07, 6.45) is 7.01. The van der Waals surface area contributed by atoms with Crippen molar-refractivity contribution < 1.29 is 18.4 Å². The van der Waals surface area contributed by atoms with Crippen molar-refractivity contribution in [3.8, 4) is 0 Å². The second-order valence-electron chi connectivity index (χ2n) is 8.65. The Balaban J connectivity index is 1.25. The minimum atomic E-state index is -1.06. The monoisotopic (exact) mass is 547 g/mol. The fraction of sp³-hybridized carbons (Fsp3) is 0.0714. The van der Waals surface area contributed by atoms with Crippen LogP contribution in [-0.4, -0.2) is 33.1 Å². The predicted molar refractivity (Wildman–Crippen MR) is 144 cm³/mol. The van der Waals surface area contributed by atoms with E-state index >= 15 is 0 Å². The summed E-state index contributed by atoms with van der Waals surface area (Å²) in [5.41, 5.74) is 2.94. The van der Waals surface area contributed by atoms with Crippen LogP contribution in [0.25, 0.3) is 17.7 Å². The number of nitrogens with zero attached hydrogens (tertiary/aromatic N) is 2. The Bertz CT molecular complexity index is 1710. The molecule has 2 aromatic carbocycles. The van der Waals surface area contributed by atoms with Gasteiger partial charge in [-0.25, -0.2) is 13.5 Å². The van der Waals surface area contributed by atoms with E-state index in [1.54, 1.807) is 24.4 Å². The van der Waals surface area contributed by atoms with Crippen molar-refractivity contribution >= 4 is 46.8 Å². The van der Waals surface area contributed by atoms with Crippen molar-refractivity contribution in [3.63, 3.8) is 0 Å². The molecule has 2 aromatic heterocycles. The number of hydrogen-bond donors (Lipinski definition) is 3. The summed E-state index contributed by atoms with van der Waals surface area (Å²) in [5.74, 6) is -2.95. The topological polar surface area (TPSA) is 109 Å². The highest BCUT2D eigenvalue weighted by atomic mass is 35.5. The van der Waals surface area contributed by atoms with Gasteiger partial charge in [-0.3, -0.25) is 14.4 Å². The fourth-order valence-corrected chi connectivity index (χ4v) is 4.28. The van der Waals surface area contributed by atoms with E-state index in [0.29, 0.717) is 11.3 Å². The average molecular weight is 548 g/mol. The Hall–Kier alpha value is -4.83. The van der Waals surface area contributed by atoms with E-state index in [4.69, 9.17) is 11.6 Å². The zero-order valence-electron chi connectivity index (χ0n) is 20.2. The van der Waals surface area contributed by atoms with Crippen LogP contribution in [0.5, 0.6) is 0 Å². The van der Waals surface area contributed by atoms with Gasteiger partial charge in [0.1, 0.15) is 5.56 Å². The molecule has 0 unspecified atom stereocenters. The van der Waals surface area contributed by atoms with Crippen LogP contribution in [0.4, 0.5) is 14.5 Å². The van der Waals surface area contributed by atoms with Crippen molar-refractivity contribution in [1.29, 1.82) is 0 Å². The number of aromatic amines is 1. The zero-order valence-corrected chi connectivity index (χ0v) is 20.9. The van der Waals surface area contributed by atoms with Gasteiger partial charge in [-0.15, -0.1) is 0 Å². The molecule has 196 valence electrons. The van der Waals surface area contributed by atoms with E-state index in [-0.39, 0.29) is 35.3 Å². The van der Waals surface area contributed by atoms with Crippen molar-refractivity contribution in [2.75, 3.05) is 11.9 Å². The number of anilines is 1. The number of carbonyl (C=O) groups is 2. The number of benzene rings is 2. The first-order valence-corrected chi connectivity index (χ1v) is 12.1. The molecule has 4 aromatic rings. The van der Waals surface area contributed by atoms with Gasteiger partial charge in [0.15, 0.2) is 16.8 Å². The van der Waals surface area contributed by atoms with Crippen LogP contribution < -0.4 is 16.2 Å². The average Bonchev–Trinajstić information content (AvgIpc) is 3.53. The van der Waals surface area contributed by atoms with E-state index in [1.807, 2.05) is 30.3 Å². The lowest BCUT2D eigenvalue weighted by Gasteiger charge is -2.09. The molecule has 0 bridgehead atoms. The minimum Gasteiger partial charge on any atom is -0.362 e. The highest BCUT2D eigenvalue weighted by Gasteiger charge is 2.24. The predicted octanol–water partition coefficient (Wildman–Crippen LogP) is 4.49. The summed E-state index contributed by atoms with van der Waals surface area (Å²) in [7, 11) is 0. The highest BCUT2D eigenvalue weighted by Crippen LogP contribution is 2.33. The summed E-state index contributed by atoms with van der Waals surface area (Å²) in [4.78, 5) is 40.9. The molecule has 0 radical (unpaired) electrons. The molecular formula is C28H20ClF2N5O3. The number of H-pyrrole nitrogens is 1. The Kier molecular flexibility index (Phi) is 7.20. The lowest BCUT2D eigenvalue weighted by Crippen LogP contribution is -2.34. The van der Waals surface area contributed by atoms with Gasteiger partial charge in [-0.05, 0) is 53.6 Å². The summed E-state index contributed by atoms with van der Waals surface area (Å²) in [5, 5.41) is 9.24. The Morgan fingerprint density at radius 3 is 2.69 bits per heavy atom. The molecule has 5 rings (SSSR count). The van der Waals surface area contributed by atoms with E-state index < -0.39 is 23.1 Å². The second kappa shape index (κ2) is 10.9. The van der Waals surface area contributed by atoms with Crippen molar-refractivity contribution in [1.82, 2.24) is 20.1 Å². The summed E-state index contributed by atoms with van der Waals surface area (Å²) in [6, 6.07) is 13.6. The molecule has 11 heteroatoms. The maximum Gasteiger partial charge on any atom is 0.280 e. The first-order valence-electron chi connectivity index (χ1n) is 11.8. The van der Waals surface area contributed by atoms with Gasteiger partial charge < -0.3 is 15.6 Å². The Morgan fingerprint density at radius 2 is 1.92 bits per heavy atom. The standard InChI is InChI=1S/C28H20ClF2N5O3/c29-25-14-21(28(39)36(35-25)15-17-6-8-22(30)23(31)11-17)26(37)33-10-1-3-16-5-7-19-20(13-18-4-2-9-32-18)27(38)34-24(19)12-16/h1-9,11-14,32H,10,15H2,(H,33,37)(H,34,38)/b3-1+,20-13?. The van der Waals surface area contributed by atoms with Crippen LogP contribution in [0.15, 0.2) is 71.7 Å². The van der Waals surface area contributed by atoms with Gasteiger partial charge in [0.05, 0.1) is 12.1 Å². The lowest BCUT2D eigenvalue weighted by molar-refractivity contribution is -0.110. The zero-order chi connectivity index (χ0) is 27.5. The Morgan fingerprint density at radius 1 is 1.08 bits per heavy atom. The largest absolute Gasteiger partial charge is 0.362 e. The second-order valence-corrected chi connectivity index (χ2v) is 9.03. The molecule has 1 aliphatic heterocycles. The summed E-state index contributed by atoms with van der Waals surface area (Å²) in [6.45, 7) is -0.101. The smallest absolute Gasteiger partial charge is 0.280 e. The Labute approximate surface area is 225 Å². The summed E-state index contributed by atoms with van der Waals surface area (Å²) >= 11 is 6.00. The van der Waals surface area contributed by atoms with Gasteiger partial charge in [0.2, 0.25) is 0 Å². The van der Waals surface area contributed by atoms with Gasteiger partial charge in [0, 0.05) is 29.7 Å². The third-order valence-electron chi connectivity index (χ3n) is 5.94. The van der Waals surface area contributed by atoms with E-state index in [2.05, 4.69) is 20.7 Å². The quantitative estimate of drug-likeness (QED) is 0.296. The number of amides is 2. The molecule has 0 saturated heterocycles. The number of halogens is 3. The third-order valence-corrected chi connectivity index (χ3v) is 6.13. The number of nitrogens with one attached hydrogen (secondary N) is 3. The van der Waals surface area contributed by atoms with Crippen LogP contribution in [0.2, 0.25) is 5.15 Å². The van der Waals surface area contributed by atoms with Crippen molar-refractivity contribution in [3.05, 3.63) is 122 Å². The maximum absolute atomic E-state index is 13.5. The third kappa shape index (κ3) is 5.70. The highest BCUT2D eigenvalue weighted by molar-refractivity contribution is 6.34. The molecule has 0 spiro atoms. The molecule has 0 atom stereocenters. The number of aromatic nitrogens is 3. The normalized spacial score (nSPS) is 13.6. The number of fused-ring (bicyclic) bond motifs is 1. The van der Waals surface area contributed by atoms with Crippen LogP contribution in [0, 0.1) is 11.6 Å². The molecule has 3 heterocycles. The van der Waals surface area contributed by atoms with Gasteiger partial charge in [-0.1, -0.05) is 42.0 Å². The minimum absolute atomic E-state index is 0.100. The molecule has 1 aliphatic rings. The van der Waals surface area contributed by atoms with Crippen LogP contribution >= 0.6 is 11.6 Å². The fourth-order valence-electron chi connectivity index (χ4n) is 4.08. The van der Waals surface area contributed by atoms with Crippen molar-refractivity contribution in [2.45, 2.75) is 6.54 Å². The van der Waals surface area contributed by atoms with E-state index in [1.165, 1.54) is 6.07 Å². The maximum atomic E-state index is 13.5. The SMILES string of the molecule is O=C1Nc2cc(/C=C/CNC(=O)c3cc(Cl)nn(Cc4ccc(F)c(F)c4)c3=O)ccc2C1=Cc1ccc[nH]1. The molecule has 39 heavy (non-hydrogen) atoms. The number of rotatable bonds is 7. The van der Waals surface area contributed by atoms with Gasteiger partial charge in [0.25, 0.3) is 17.4 Å². The molecule has 0 saturated carbocycles. The molecule has 2 amide bonds. The molecule has 0 aliphatic carbocycles. The van der Waals surface area contributed by atoms with E-state index in [0.717, 1.165) is 39.7 Å². The van der Waals surface area contributed by atoms with Crippen LogP contribution in [-0.2, 0) is 11.3 Å². The van der Waals surface area contributed by atoms with Crippen molar-refractivity contribution in [2.24, 2.45) is 0 Å². The number of hydrogen-bond acceptors (Lipinski definition) is 4. The molecule has 3 N–H and O–H groups in total. The van der Waals surface area contributed by atoms with Crippen LogP contribution in [0.1, 0.15) is 32.7 Å². The first kappa shape index (κ1) is 25.8.